The zero-order valence-electron chi connectivity index (χ0n) is 17.3. The first-order chi connectivity index (χ1) is 13.6. The number of urea groups is 1. The number of nitrogens with zero attached hydrogens (tertiary/aromatic N) is 2. The summed E-state index contributed by atoms with van der Waals surface area (Å²) >= 11 is 0. The summed E-state index contributed by atoms with van der Waals surface area (Å²) in [5.41, 5.74) is 0.472. The molecule has 2 aliphatic heterocycles. The second-order valence-electron chi connectivity index (χ2n) is 8.32. The van der Waals surface area contributed by atoms with Crippen molar-refractivity contribution in [3.05, 3.63) is 29.3 Å². The molecular weight excluding hydrogens is 374 g/mol. The van der Waals surface area contributed by atoms with Crippen molar-refractivity contribution in [3.63, 3.8) is 0 Å². The molecule has 1 fully saturated rings. The lowest BCUT2D eigenvalue weighted by Gasteiger charge is -2.30. The van der Waals surface area contributed by atoms with Crippen LogP contribution in [0.2, 0.25) is 0 Å². The summed E-state index contributed by atoms with van der Waals surface area (Å²) in [5.74, 6) is -1.07. The van der Waals surface area contributed by atoms with Gasteiger partial charge in [0.2, 0.25) is 0 Å². The quantitative estimate of drug-likeness (QED) is 0.621. The fraction of sp³-hybridized carbons (Fsp3) is 0.524. The van der Waals surface area contributed by atoms with Gasteiger partial charge in [-0.25, -0.2) is 4.79 Å². The lowest BCUT2D eigenvalue weighted by molar-refractivity contribution is -0.149. The Kier molecular flexibility index (Phi) is 5.64. The van der Waals surface area contributed by atoms with Crippen LogP contribution >= 0.6 is 0 Å². The fourth-order valence-electron chi connectivity index (χ4n) is 3.71. The van der Waals surface area contributed by atoms with Gasteiger partial charge in [0, 0.05) is 24.3 Å². The molecular formula is C21H27N3O5. The molecule has 0 unspecified atom stereocenters. The van der Waals surface area contributed by atoms with Crippen LogP contribution in [0.1, 0.15) is 61.3 Å². The lowest BCUT2D eigenvalue weighted by Crippen LogP contribution is -2.45. The molecule has 1 saturated heterocycles. The molecule has 0 aliphatic carbocycles. The van der Waals surface area contributed by atoms with Crippen LogP contribution in [-0.4, -0.2) is 58.8 Å². The highest BCUT2D eigenvalue weighted by Crippen LogP contribution is 2.31. The van der Waals surface area contributed by atoms with E-state index in [2.05, 4.69) is 5.32 Å². The van der Waals surface area contributed by atoms with Crippen molar-refractivity contribution in [2.24, 2.45) is 5.92 Å². The van der Waals surface area contributed by atoms with E-state index in [0.717, 1.165) is 0 Å². The molecule has 1 aromatic carbocycles. The molecule has 0 radical (unpaired) electrons. The Hall–Kier alpha value is -2.90. The van der Waals surface area contributed by atoms with E-state index in [0.29, 0.717) is 49.4 Å². The van der Waals surface area contributed by atoms with Crippen molar-refractivity contribution < 1.29 is 23.9 Å². The van der Waals surface area contributed by atoms with E-state index in [1.54, 1.807) is 50.8 Å². The third-order valence-corrected chi connectivity index (χ3v) is 5.21. The second kappa shape index (κ2) is 7.85. The first kappa shape index (κ1) is 20.8. The molecule has 0 saturated carbocycles. The van der Waals surface area contributed by atoms with Gasteiger partial charge in [-0.15, -0.1) is 0 Å². The molecule has 8 heteroatoms. The third kappa shape index (κ3) is 4.11. The average Bonchev–Trinajstić information content (AvgIpc) is 2.92. The Morgan fingerprint density at radius 3 is 2.31 bits per heavy atom. The van der Waals surface area contributed by atoms with E-state index in [-0.39, 0.29) is 29.7 Å². The van der Waals surface area contributed by atoms with E-state index in [4.69, 9.17) is 4.74 Å². The SMILES string of the molecule is CCOC(=O)C1CCN(C(=O)Nc2ccc3c(c2)C(=O)N(C(C)(C)C)C3=O)CC1. The lowest BCUT2D eigenvalue weighted by atomic mass is 9.97. The van der Waals surface area contributed by atoms with Gasteiger partial charge < -0.3 is 15.0 Å². The van der Waals surface area contributed by atoms with E-state index < -0.39 is 5.54 Å². The third-order valence-electron chi connectivity index (χ3n) is 5.21. The van der Waals surface area contributed by atoms with Crippen molar-refractivity contribution >= 4 is 29.5 Å². The number of hydrogen-bond acceptors (Lipinski definition) is 5. The highest BCUT2D eigenvalue weighted by molar-refractivity contribution is 6.22. The van der Waals surface area contributed by atoms with Crippen LogP contribution in [0.15, 0.2) is 18.2 Å². The van der Waals surface area contributed by atoms with Gasteiger partial charge in [-0.05, 0) is 58.7 Å². The number of ether oxygens (including phenoxy) is 1. The molecule has 1 N–H and O–H groups in total. The number of piperidine rings is 1. The van der Waals surface area contributed by atoms with Crippen LogP contribution in [0.4, 0.5) is 10.5 Å². The Morgan fingerprint density at radius 2 is 1.72 bits per heavy atom. The predicted molar refractivity (Wildman–Crippen MR) is 107 cm³/mol. The number of carbonyl (C=O) groups is 4. The predicted octanol–water partition coefficient (Wildman–Crippen LogP) is 2.89. The van der Waals surface area contributed by atoms with Crippen LogP contribution in [0.3, 0.4) is 0 Å². The summed E-state index contributed by atoms with van der Waals surface area (Å²) in [5, 5.41) is 2.79. The zero-order valence-corrected chi connectivity index (χ0v) is 17.3. The molecule has 156 valence electrons. The summed E-state index contributed by atoms with van der Waals surface area (Å²) in [7, 11) is 0. The number of likely N-dealkylation sites (tertiary alicyclic amines) is 1. The molecule has 8 nitrogen and oxygen atoms in total. The maximum Gasteiger partial charge on any atom is 0.321 e. The molecule has 29 heavy (non-hydrogen) atoms. The van der Waals surface area contributed by atoms with Gasteiger partial charge in [0.15, 0.2) is 0 Å². The first-order valence-electron chi connectivity index (χ1n) is 9.89. The average molecular weight is 401 g/mol. The normalized spacial score (nSPS) is 17.4. The Balaban J connectivity index is 1.65. The minimum absolute atomic E-state index is 0.175. The number of rotatable bonds is 3. The summed E-state index contributed by atoms with van der Waals surface area (Å²) in [4.78, 5) is 52.5. The number of esters is 1. The molecule has 3 rings (SSSR count). The van der Waals surface area contributed by atoms with E-state index >= 15 is 0 Å². The number of benzene rings is 1. The number of hydrogen-bond donors (Lipinski definition) is 1. The summed E-state index contributed by atoms with van der Waals surface area (Å²) in [6.45, 7) is 8.44. The van der Waals surface area contributed by atoms with Gasteiger partial charge in [-0.2, -0.15) is 0 Å². The minimum Gasteiger partial charge on any atom is -0.466 e. The molecule has 0 atom stereocenters. The maximum absolute atomic E-state index is 12.7. The molecule has 2 aliphatic rings. The number of carbonyl (C=O) groups excluding carboxylic acids is 4. The molecule has 2 heterocycles. The Bertz CT molecular complexity index is 850. The Morgan fingerprint density at radius 1 is 1.10 bits per heavy atom. The van der Waals surface area contributed by atoms with E-state index in [1.807, 2.05) is 0 Å². The van der Waals surface area contributed by atoms with Crippen molar-refractivity contribution in [2.75, 3.05) is 25.0 Å². The van der Waals surface area contributed by atoms with Crippen LogP contribution in [0.25, 0.3) is 0 Å². The van der Waals surface area contributed by atoms with Crippen LogP contribution in [0, 0.1) is 5.92 Å². The summed E-state index contributed by atoms with van der Waals surface area (Å²) in [6, 6.07) is 4.45. The molecule has 4 amide bonds. The molecule has 1 aromatic rings. The number of nitrogens with one attached hydrogen (secondary N) is 1. The summed E-state index contributed by atoms with van der Waals surface area (Å²) < 4.78 is 5.05. The number of imide groups is 1. The van der Waals surface area contributed by atoms with E-state index in [9.17, 15) is 19.2 Å². The number of fused-ring (bicyclic) bond motifs is 1. The van der Waals surface area contributed by atoms with Crippen LogP contribution in [-0.2, 0) is 9.53 Å². The second-order valence-corrected chi connectivity index (χ2v) is 8.32. The van der Waals surface area contributed by atoms with Crippen LogP contribution in [0.5, 0.6) is 0 Å². The first-order valence-corrected chi connectivity index (χ1v) is 9.89. The van der Waals surface area contributed by atoms with Crippen molar-refractivity contribution in [3.8, 4) is 0 Å². The summed E-state index contributed by atoms with van der Waals surface area (Å²) in [6.07, 6.45) is 1.12. The number of anilines is 1. The fourth-order valence-corrected chi connectivity index (χ4v) is 3.71. The largest absolute Gasteiger partial charge is 0.466 e. The monoisotopic (exact) mass is 401 g/mol. The standard InChI is InChI=1S/C21H27N3O5/c1-5-29-19(27)13-8-10-23(11-9-13)20(28)22-14-6-7-15-16(12-14)18(26)24(17(15)25)21(2,3)4/h6-7,12-13H,5,8-11H2,1-4H3,(H,22,28). The highest BCUT2D eigenvalue weighted by atomic mass is 16.5. The van der Waals surface area contributed by atoms with Crippen molar-refractivity contribution in [1.82, 2.24) is 9.80 Å². The van der Waals surface area contributed by atoms with Crippen molar-refractivity contribution in [1.29, 1.82) is 0 Å². The number of amides is 4. The topological polar surface area (TPSA) is 96.0 Å². The van der Waals surface area contributed by atoms with Gasteiger partial charge in [-0.1, -0.05) is 0 Å². The molecule has 0 bridgehead atoms. The van der Waals surface area contributed by atoms with E-state index in [1.165, 1.54) is 4.90 Å². The van der Waals surface area contributed by atoms with Gasteiger partial charge in [-0.3, -0.25) is 19.3 Å². The zero-order chi connectivity index (χ0) is 21.3. The minimum atomic E-state index is -0.625. The molecule has 0 spiro atoms. The molecule has 0 aromatic heterocycles. The van der Waals surface area contributed by atoms with Gasteiger partial charge in [0.1, 0.15) is 0 Å². The van der Waals surface area contributed by atoms with Gasteiger partial charge in [0.25, 0.3) is 11.8 Å². The highest BCUT2D eigenvalue weighted by Gasteiger charge is 2.42. The Labute approximate surface area is 170 Å². The van der Waals surface area contributed by atoms with Gasteiger partial charge in [0.05, 0.1) is 23.7 Å². The van der Waals surface area contributed by atoms with Crippen LogP contribution < -0.4 is 5.32 Å². The van der Waals surface area contributed by atoms with Gasteiger partial charge >= 0.3 is 12.0 Å². The smallest absolute Gasteiger partial charge is 0.321 e. The maximum atomic E-state index is 12.7. The van der Waals surface area contributed by atoms with Crippen molar-refractivity contribution in [2.45, 2.75) is 46.1 Å².